The predicted molar refractivity (Wildman–Crippen MR) is 102 cm³/mol. The predicted octanol–water partition coefficient (Wildman–Crippen LogP) is 3.08. The van der Waals surface area contributed by atoms with Gasteiger partial charge in [-0.1, -0.05) is 50.6 Å². The van der Waals surface area contributed by atoms with Crippen LogP contribution in [0.1, 0.15) is 46.5 Å². The van der Waals surface area contributed by atoms with Crippen molar-refractivity contribution in [2.45, 2.75) is 32.9 Å². The van der Waals surface area contributed by atoms with Crippen LogP contribution in [0.15, 0.2) is 48.5 Å². The zero-order valence-corrected chi connectivity index (χ0v) is 15.3. The van der Waals surface area contributed by atoms with Crippen molar-refractivity contribution in [2.75, 3.05) is 4.90 Å². The molecular formula is C21H22N2O4. The molecule has 1 aliphatic heterocycles. The van der Waals surface area contributed by atoms with Gasteiger partial charge in [0.15, 0.2) is 0 Å². The van der Waals surface area contributed by atoms with Crippen LogP contribution in [-0.2, 0) is 11.3 Å². The van der Waals surface area contributed by atoms with Gasteiger partial charge in [-0.15, -0.1) is 0 Å². The summed E-state index contributed by atoms with van der Waals surface area (Å²) in [6, 6.07) is 13.4. The summed E-state index contributed by atoms with van der Waals surface area (Å²) >= 11 is 0. The summed E-state index contributed by atoms with van der Waals surface area (Å²) in [5.41, 5.74) is 2.07. The van der Waals surface area contributed by atoms with Gasteiger partial charge in [0.25, 0.3) is 11.8 Å². The number of hydrogen-bond acceptors (Lipinski definition) is 3. The monoisotopic (exact) mass is 366 g/mol. The van der Waals surface area contributed by atoms with Gasteiger partial charge in [0.1, 0.15) is 6.04 Å². The SMILES string of the molecule is CCC(C)[C@H](NC(=O)c1cccc2c1C(=O)N(c1ccccc1)C2)C(=O)O. The molecule has 2 N–H and O–H groups in total. The highest BCUT2D eigenvalue weighted by Crippen LogP contribution is 2.30. The number of nitrogens with one attached hydrogen (secondary N) is 1. The molecular weight excluding hydrogens is 344 g/mol. The van der Waals surface area contributed by atoms with Crippen LogP contribution in [-0.4, -0.2) is 28.9 Å². The third-order valence-corrected chi connectivity index (χ3v) is 5.02. The van der Waals surface area contributed by atoms with Gasteiger partial charge in [0.05, 0.1) is 17.7 Å². The van der Waals surface area contributed by atoms with Gasteiger partial charge >= 0.3 is 5.97 Å². The summed E-state index contributed by atoms with van der Waals surface area (Å²) in [5, 5.41) is 12.0. The van der Waals surface area contributed by atoms with E-state index in [1.54, 1.807) is 24.0 Å². The number of fused-ring (bicyclic) bond motifs is 1. The number of carboxylic acids is 1. The molecule has 140 valence electrons. The molecule has 0 bridgehead atoms. The molecule has 0 saturated heterocycles. The Kier molecular flexibility index (Phi) is 5.26. The standard InChI is InChI=1S/C21H22N2O4/c1-3-13(2)18(21(26)27)22-19(24)16-11-7-8-14-12-23(20(25)17(14)16)15-9-5-4-6-10-15/h4-11,13,18H,3,12H2,1-2H3,(H,22,24)(H,26,27)/t13?,18-/m0/s1. The van der Waals surface area contributed by atoms with Crippen molar-refractivity contribution in [2.24, 2.45) is 5.92 Å². The molecule has 0 spiro atoms. The van der Waals surface area contributed by atoms with Crippen molar-refractivity contribution in [3.63, 3.8) is 0 Å². The van der Waals surface area contributed by atoms with Gasteiger partial charge in [-0.3, -0.25) is 9.59 Å². The largest absolute Gasteiger partial charge is 0.480 e. The fourth-order valence-corrected chi connectivity index (χ4v) is 3.27. The first-order chi connectivity index (χ1) is 12.9. The number of amides is 2. The Morgan fingerprint density at radius 3 is 2.48 bits per heavy atom. The zero-order chi connectivity index (χ0) is 19.6. The van der Waals surface area contributed by atoms with E-state index in [1.807, 2.05) is 43.3 Å². The average molecular weight is 366 g/mol. The lowest BCUT2D eigenvalue weighted by Crippen LogP contribution is -2.45. The summed E-state index contributed by atoms with van der Waals surface area (Å²) in [6.45, 7) is 4.03. The number of rotatable bonds is 6. The van der Waals surface area contributed by atoms with Crippen molar-refractivity contribution < 1.29 is 19.5 Å². The zero-order valence-electron chi connectivity index (χ0n) is 15.3. The van der Waals surface area contributed by atoms with Crippen molar-refractivity contribution in [3.8, 4) is 0 Å². The molecule has 2 aromatic carbocycles. The van der Waals surface area contributed by atoms with Crippen molar-refractivity contribution in [3.05, 3.63) is 65.2 Å². The first-order valence-electron chi connectivity index (χ1n) is 8.96. The van der Waals surface area contributed by atoms with Crippen LogP contribution in [0.5, 0.6) is 0 Å². The fraction of sp³-hybridized carbons (Fsp3) is 0.286. The summed E-state index contributed by atoms with van der Waals surface area (Å²) in [7, 11) is 0. The molecule has 2 amide bonds. The number of carbonyl (C=O) groups is 3. The minimum absolute atomic E-state index is 0.213. The highest BCUT2D eigenvalue weighted by molar-refractivity contribution is 6.16. The number of anilines is 1. The van der Waals surface area contributed by atoms with Gasteiger partial charge in [0.2, 0.25) is 0 Å². The van der Waals surface area contributed by atoms with Crippen LogP contribution in [0.2, 0.25) is 0 Å². The maximum absolute atomic E-state index is 13.0. The van der Waals surface area contributed by atoms with Gasteiger partial charge in [0, 0.05) is 5.69 Å². The van der Waals surface area contributed by atoms with Crippen LogP contribution < -0.4 is 10.2 Å². The van der Waals surface area contributed by atoms with Crippen molar-refractivity contribution in [1.82, 2.24) is 5.32 Å². The summed E-state index contributed by atoms with van der Waals surface area (Å²) in [5.74, 6) is -2.09. The molecule has 2 atom stereocenters. The van der Waals surface area contributed by atoms with Crippen LogP contribution in [0, 0.1) is 5.92 Å². The molecule has 0 aliphatic carbocycles. The Bertz CT molecular complexity index is 879. The Morgan fingerprint density at radius 1 is 1.15 bits per heavy atom. The van der Waals surface area contributed by atoms with E-state index in [0.717, 1.165) is 11.3 Å². The second-order valence-corrected chi connectivity index (χ2v) is 6.74. The summed E-state index contributed by atoms with van der Waals surface area (Å²) in [6.07, 6.45) is 0.616. The van der Waals surface area contributed by atoms with E-state index < -0.39 is 17.9 Å². The number of hydrogen-bond donors (Lipinski definition) is 2. The lowest BCUT2D eigenvalue weighted by Gasteiger charge is -2.20. The van der Waals surface area contributed by atoms with Crippen LogP contribution in [0.25, 0.3) is 0 Å². The Morgan fingerprint density at radius 2 is 1.85 bits per heavy atom. The number of carboxylic acid groups (broad SMARTS) is 1. The van der Waals surface area contributed by atoms with E-state index in [0.29, 0.717) is 18.5 Å². The normalized spacial score (nSPS) is 15.2. The molecule has 0 fully saturated rings. The first kappa shape index (κ1) is 18.6. The quantitative estimate of drug-likeness (QED) is 0.823. The third kappa shape index (κ3) is 3.56. The molecule has 1 aliphatic rings. The second-order valence-electron chi connectivity index (χ2n) is 6.74. The lowest BCUT2D eigenvalue weighted by molar-refractivity contribution is -0.140. The molecule has 2 aromatic rings. The van der Waals surface area contributed by atoms with E-state index in [4.69, 9.17) is 0 Å². The number of nitrogens with zero attached hydrogens (tertiary/aromatic N) is 1. The Hall–Kier alpha value is -3.15. The van der Waals surface area contributed by atoms with Gasteiger partial charge < -0.3 is 15.3 Å². The van der Waals surface area contributed by atoms with E-state index in [-0.39, 0.29) is 17.4 Å². The van der Waals surface area contributed by atoms with E-state index in [1.165, 1.54) is 0 Å². The molecule has 0 radical (unpaired) electrons. The molecule has 1 heterocycles. The average Bonchev–Trinajstić information content (AvgIpc) is 3.02. The number of benzene rings is 2. The fourth-order valence-electron chi connectivity index (χ4n) is 3.27. The molecule has 0 aromatic heterocycles. The van der Waals surface area contributed by atoms with Gasteiger partial charge in [-0.2, -0.15) is 0 Å². The van der Waals surface area contributed by atoms with Crippen LogP contribution in [0.4, 0.5) is 5.69 Å². The molecule has 0 saturated carbocycles. The van der Waals surface area contributed by atoms with Crippen molar-refractivity contribution in [1.29, 1.82) is 0 Å². The minimum Gasteiger partial charge on any atom is -0.480 e. The third-order valence-electron chi connectivity index (χ3n) is 5.02. The Balaban J connectivity index is 1.90. The van der Waals surface area contributed by atoms with E-state index >= 15 is 0 Å². The van der Waals surface area contributed by atoms with Crippen LogP contribution >= 0.6 is 0 Å². The lowest BCUT2D eigenvalue weighted by atomic mass is 9.97. The molecule has 27 heavy (non-hydrogen) atoms. The molecule has 6 nitrogen and oxygen atoms in total. The van der Waals surface area contributed by atoms with Gasteiger partial charge in [-0.05, 0) is 29.7 Å². The summed E-state index contributed by atoms with van der Waals surface area (Å²) < 4.78 is 0. The smallest absolute Gasteiger partial charge is 0.326 e. The number of aliphatic carboxylic acids is 1. The highest BCUT2D eigenvalue weighted by atomic mass is 16.4. The highest BCUT2D eigenvalue weighted by Gasteiger charge is 2.34. The topological polar surface area (TPSA) is 86.7 Å². The second kappa shape index (κ2) is 7.61. The number of para-hydroxylation sites is 1. The molecule has 1 unspecified atom stereocenters. The number of carbonyl (C=O) groups excluding carboxylic acids is 2. The molecule has 3 rings (SSSR count). The Labute approximate surface area is 157 Å². The van der Waals surface area contributed by atoms with E-state index in [9.17, 15) is 19.5 Å². The first-order valence-corrected chi connectivity index (χ1v) is 8.96. The molecule has 6 heteroatoms. The summed E-state index contributed by atoms with van der Waals surface area (Å²) in [4.78, 5) is 38.9. The minimum atomic E-state index is -1.08. The van der Waals surface area contributed by atoms with Gasteiger partial charge in [-0.25, -0.2) is 4.79 Å². The maximum Gasteiger partial charge on any atom is 0.326 e. The van der Waals surface area contributed by atoms with E-state index in [2.05, 4.69) is 5.32 Å². The maximum atomic E-state index is 13.0. The van der Waals surface area contributed by atoms with Crippen LogP contribution in [0.3, 0.4) is 0 Å². The van der Waals surface area contributed by atoms with Crippen molar-refractivity contribution >= 4 is 23.5 Å².